The van der Waals surface area contributed by atoms with E-state index in [2.05, 4.69) is 19.4 Å². The molecule has 0 amide bonds. The van der Waals surface area contributed by atoms with E-state index in [4.69, 9.17) is 5.73 Å². The second-order valence-electron chi connectivity index (χ2n) is 3.79. The van der Waals surface area contributed by atoms with Crippen LogP contribution in [0, 0.1) is 11.6 Å². The summed E-state index contributed by atoms with van der Waals surface area (Å²) in [4.78, 5) is 2.98. The molecule has 0 aliphatic heterocycles. The van der Waals surface area contributed by atoms with Crippen LogP contribution >= 0.6 is 0 Å². The molecule has 10 heteroatoms. The first-order chi connectivity index (χ1) is 9.40. The molecule has 1 aromatic heterocycles. The van der Waals surface area contributed by atoms with Gasteiger partial charge in [-0.25, -0.2) is 21.9 Å². The van der Waals surface area contributed by atoms with E-state index >= 15 is 0 Å². The molecule has 2 rings (SSSR count). The fourth-order valence-electron chi connectivity index (χ4n) is 1.43. The lowest BCUT2D eigenvalue weighted by Gasteiger charge is -2.08. The molecule has 0 fully saturated rings. The molecule has 0 atom stereocenters. The highest BCUT2D eigenvalue weighted by atomic mass is 32.2. The molecule has 20 heavy (non-hydrogen) atoms. The highest BCUT2D eigenvalue weighted by molar-refractivity contribution is 7.89. The normalized spacial score (nSPS) is 11.7. The Hall–Kier alpha value is -2.07. The third-order valence-electron chi connectivity index (χ3n) is 2.38. The van der Waals surface area contributed by atoms with E-state index in [9.17, 15) is 17.2 Å². The van der Waals surface area contributed by atoms with Crippen molar-refractivity contribution in [3.63, 3.8) is 0 Å². The Morgan fingerprint density at radius 1 is 1.30 bits per heavy atom. The van der Waals surface area contributed by atoms with Crippen LogP contribution in [0.3, 0.4) is 0 Å². The van der Waals surface area contributed by atoms with E-state index in [1.165, 1.54) is 6.33 Å². The Morgan fingerprint density at radius 3 is 2.70 bits per heavy atom. The number of rotatable bonds is 5. The minimum atomic E-state index is -4.14. The zero-order valence-electron chi connectivity index (χ0n) is 10.0. The fraction of sp³-hybridized carbons (Fsp3) is 0.200. The zero-order chi connectivity index (χ0) is 14.8. The van der Waals surface area contributed by atoms with Crippen LogP contribution in [0.1, 0.15) is 5.89 Å². The van der Waals surface area contributed by atoms with Crippen molar-refractivity contribution in [2.24, 2.45) is 0 Å². The summed E-state index contributed by atoms with van der Waals surface area (Å²) in [5.41, 5.74) is 4.77. The maximum atomic E-state index is 13.5. The zero-order valence-corrected chi connectivity index (χ0v) is 10.8. The van der Waals surface area contributed by atoms with Gasteiger partial charge in [0, 0.05) is 19.0 Å². The molecule has 0 saturated heterocycles. The number of sulfonamides is 1. The number of nitrogens with one attached hydrogen (secondary N) is 1. The Balaban J connectivity index is 2.12. The van der Waals surface area contributed by atoms with Crippen LogP contribution < -0.4 is 10.5 Å². The fourth-order valence-corrected chi connectivity index (χ4v) is 2.55. The van der Waals surface area contributed by atoms with Crippen LogP contribution in [-0.2, 0) is 16.4 Å². The van der Waals surface area contributed by atoms with E-state index in [0.717, 1.165) is 6.07 Å². The van der Waals surface area contributed by atoms with Crippen LogP contribution in [0.5, 0.6) is 0 Å². The summed E-state index contributed by atoms with van der Waals surface area (Å²) in [5.74, 6) is -2.01. The molecular weight excluding hydrogens is 294 g/mol. The lowest BCUT2D eigenvalue weighted by molar-refractivity contribution is 0.377. The van der Waals surface area contributed by atoms with Gasteiger partial charge in [0.2, 0.25) is 15.9 Å². The number of aromatic nitrogens is 2. The average Bonchev–Trinajstić information content (AvgIpc) is 2.86. The van der Waals surface area contributed by atoms with Crippen molar-refractivity contribution in [2.75, 3.05) is 12.3 Å². The molecule has 0 spiro atoms. The highest BCUT2D eigenvalue weighted by Crippen LogP contribution is 2.20. The van der Waals surface area contributed by atoms with Crippen LogP contribution in [0.2, 0.25) is 0 Å². The van der Waals surface area contributed by atoms with Crippen LogP contribution in [-0.4, -0.2) is 25.1 Å². The monoisotopic (exact) mass is 304 g/mol. The number of nitrogen functional groups attached to an aromatic ring is 1. The third kappa shape index (κ3) is 3.08. The number of anilines is 1. The largest absolute Gasteiger partial charge is 0.396 e. The number of nitrogens with two attached hydrogens (primary N) is 1. The van der Waals surface area contributed by atoms with Gasteiger partial charge in [-0.3, -0.25) is 0 Å². The number of hydrogen-bond donors (Lipinski definition) is 2. The third-order valence-corrected chi connectivity index (χ3v) is 3.85. The first-order valence-corrected chi connectivity index (χ1v) is 6.88. The van der Waals surface area contributed by atoms with Gasteiger partial charge >= 0.3 is 0 Å². The molecule has 0 bridgehead atoms. The van der Waals surface area contributed by atoms with Gasteiger partial charge in [-0.2, -0.15) is 4.98 Å². The summed E-state index contributed by atoms with van der Waals surface area (Å²) in [6.07, 6.45) is 1.31. The molecule has 0 unspecified atom stereocenters. The van der Waals surface area contributed by atoms with Crippen molar-refractivity contribution in [3.05, 3.63) is 36.0 Å². The first-order valence-electron chi connectivity index (χ1n) is 5.40. The van der Waals surface area contributed by atoms with Gasteiger partial charge in [-0.05, 0) is 6.07 Å². The van der Waals surface area contributed by atoms with Gasteiger partial charge in [-0.1, -0.05) is 5.16 Å². The van der Waals surface area contributed by atoms with Crippen molar-refractivity contribution in [2.45, 2.75) is 11.3 Å². The summed E-state index contributed by atoms with van der Waals surface area (Å²) < 4.78 is 56.9. The summed E-state index contributed by atoms with van der Waals surface area (Å²) >= 11 is 0. The molecule has 0 radical (unpaired) electrons. The average molecular weight is 304 g/mol. The summed E-state index contributed by atoms with van der Waals surface area (Å²) in [6.45, 7) is -0.0821. The maximum absolute atomic E-state index is 13.5. The predicted molar refractivity (Wildman–Crippen MR) is 64.0 cm³/mol. The standard InChI is InChI=1S/C10H10F2N4O3S/c11-6-3-7(12)9(4-8(6)13)20(17,18)16-2-1-10-14-5-15-19-10/h3-5,16H,1-2,13H2. The Kier molecular flexibility index (Phi) is 3.95. The second-order valence-corrected chi connectivity index (χ2v) is 5.52. The minimum absolute atomic E-state index is 0.0821. The van der Waals surface area contributed by atoms with Gasteiger partial charge < -0.3 is 10.3 Å². The Bertz CT molecular complexity index is 704. The van der Waals surface area contributed by atoms with Crippen molar-refractivity contribution < 1.29 is 21.7 Å². The van der Waals surface area contributed by atoms with Crippen LogP contribution in [0.15, 0.2) is 27.9 Å². The number of benzene rings is 1. The molecule has 2 aromatic rings. The van der Waals surface area contributed by atoms with Gasteiger partial charge in [0.15, 0.2) is 6.33 Å². The molecular formula is C10H10F2N4O3S. The molecule has 0 aliphatic carbocycles. The lowest BCUT2D eigenvalue weighted by atomic mass is 10.3. The molecule has 1 heterocycles. The number of halogens is 2. The SMILES string of the molecule is Nc1cc(S(=O)(=O)NCCc2ncno2)c(F)cc1F. The lowest BCUT2D eigenvalue weighted by Crippen LogP contribution is -2.27. The Labute approximate surface area is 112 Å². The van der Waals surface area contributed by atoms with Gasteiger partial charge in [0.25, 0.3) is 0 Å². The quantitative estimate of drug-likeness (QED) is 0.776. The van der Waals surface area contributed by atoms with E-state index in [1.54, 1.807) is 0 Å². The van der Waals surface area contributed by atoms with E-state index in [0.29, 0.717) is 6.07 Å². The first kappa shape index (κ1) is 14.3. The van der Waals surface area contributed by atoms with Gasteiger partial charge in [0.1, 0.15) is 16.5 Å². The Morgan fingerprint density at radius 2 is 2.05 bits per heavy atom. The van der Waals surface area contributed by atoms with Gasteiger partial charge in [0.05, 0.1) is 5.69 Å². The van der Waals surface area contributed by atoms with Crippen molar-refractivity contribution in [1.82, 2.24) is 14.9 Å². The second kappa shape index (κ2) is 5.51. The van der Waals surface area contributed by atoms with Crippen LogP contribution in [0.4, 0.5) is 14.5 Å². The molecule has 7 nitrogen and oxygen atoms in total. The minimum Gasteiger partial charge on any atom is -0.396 e. The highest BCUT2D eigenvalue weighted by Gasteiger charge is 2.21. The summed E-state index contributed by atoms with van der Waals surface area (Å²) in [5, 5.41) is 3.35. The molecule has 3 N–H and O–H groups in total. The van der Waals surface area contributed by atoms with Crippen molar-refractivity contribution in [1.29, 1.82) is 0 Å². The molecule has 0 aliphatic rings. The van der Waals surface area contributed by atoms with E-state index in [-0.39, 0.29) is 18.9 Å². The predicted octanol–water partition coefficient (Wildman–Crippen LogP) is 0.451. The number of nitrogens with zero attached hydrogens (tertiary/aromatic N) is 2. The van der Waals surface area contributed by atoms with Crippen molar-refractivity contribution in [3.8, 4) is 0 Å². The topological polar surface area (TPSA) is 111 Å². The molecule has 1 aromatic carbocycles. The number of hydrogen-bond acceptors (Lipinski definition) is 6. The molecule has 0 saturated carbocycles. The summed E-state index contributed by atoms with van der Waals surface area (Å²) in [7, 11) is -4.14. The van der Waals surface area contributed by atoms with Crippen molar-refractivity contribution >= 4 is 15.7 Å². The molecule has 108 valence electrons. The maximum Gasteiger partial charge on any atom is 0.243 e. The van der Waals surface area contributed by atoms with Crippen LogP contribution in [0.25, 0.3) is 0 Å². The smallest absolute Gasteiger partial charge is 0.243 e. The summed E-state index contributed by atoms with van der Waals surface area (Å²) in [6, 6.07) is 1.14. The van der Waals surface area contributed by atoms with E-state index in [1.807, 2.05) is 0 Å². The van der Waals surface area contributed by atoms with Gasteiger partial charge in [-0.15, -0.1) is 0 Å². The van der Waals surface area contributed by atoms with E-state index < -0.39 is 32.2 Å².